The van der Waals surface area contributed by atoms with E-state index in [1.165, 1.54) is 0 Å². The molecule has 0 aliphatic carbocycles. The van der Waals surface area contributed by atoms with Gasteiger partial charge in [0.05, 0.1) is 10.6 Å². The van der Waals surface area contributed by atoms with Gasteiger partial charge in [0.2, 0.25) is 0 Å². The van der Waals surface area contributed by atoms with Gasteiger partial charge < -0.3 is 9.88 Å². The molecule has 0 fully saturated rings. The average molecular weight is 328 g/mol. The van der Waals surface area contributed by atoms with Crippen molar-refractivity contribution in [2.24, 2.45) is 0 Å². The molecule has 0 aliphatic heterocycles. The molecular formula is C16H14ClN5O. The van der Waals surface area contributed by atoms with Crippen molar-refractivity contribution in [3.63, 3.8) is 0 Å². The van der Waals surface area contributed by atoms with Crippen molar-refractivity contribution >= 4 is 17.5 Å². The van der Waals surface area contributed by atoms with Gasteiger partial charge in [-0.1, -0.05) is 23.7 Å². The Kier molecular flexibility index (Phi) is 4.63. The first-order chi connectivity index (χ1) is 11.3. The van der Waals surface area contributed by atoms with Crippen LogP contribution in [0.5, 0.6) is 0 Å². The highest BCUT2D eigenvalue weighted by Gasteiger charge is 2.10. The Morgan fingerprint density at radius 2 is 1.87 bits per heavy atom. The number of imidazole rings is 1. The minimum absolute atomic E-state index is 0.201. The number of aromatic nitrogens is 4. The molecule has 0 aliphatic rings. The molecule has 0 unspecified atom stereocenters. The van der Waals surface area contributed by atoms with Crippen molar-refractivity contribution in [2.75, 3.05) is 6.54 Å². The second-order valence-corrected chi connectivity index (χ2v) is 5.16. The van der Waals surface area contributed by atoms with E-state index in [9.17, 15) is 4.79 Å². The van der Waals surface area contributed by atoms with E-state index < -0.39 is 0 Å². The van der Waals surface area contributed by atoms with E-state index in [-0.39, 0.29) is 5.91 Å². The maximum atomic E-state index is 12.1. The summed E-state index contributed by atoms with van der Waals surface area (Å²) in [5.74, 6) is 1.01. The Morgan fingerprint density at radius 1 is 1.09 bits per heavy atom. The van der Waals surface area contributed by atoms with Gasteiger partial charge in [0.25, 0.3) is 5.91 Å². The van der Waals surface area contributed by atoms with Gasteiger partial charge in [-0.2, -0.15) is 0 Å². The lowest BCUT2D eigenvalue weighted by Crippen LogP contribution is -2.27. The summed E-state index contributed by atoms with van der Waals surface area (Å²) in [5, 5.41) is 3.28. The van der Waals surface area contributed by atoms with Gasteiger partial charge in [-0.15, -0.1) is 0 Å². The summed E-state index contributed by atoms with van der Waals surface area (Å²) in [7, 11) is 0. The third kappa shape index (κ3) is 3.54. The van der Waals surface area contributed by atoms with Crippen LogP contribution >= 0.6 is 11.6 Å². The highest BCUT2D eigenvalue weighted by Crippen LogP contribution is 2.14. The summed E-state index contributed by atoms with van der Waals surface area (Å²) in [6.45, 7) is 1.00. The number of amides is 1. The Balaban J connectivity index is 1.63. The predicted octanol–water partition coefficient (Wildman–Crippen LogP) is 2.42. The smallest absolute Gasteiger partial charge is 0.252 e. The molecule has 0 spiro atoms. The molecule has 116 valence electrons. The van der Waals surface area contributed by atoms with E-state index >= 15 is 0 Å². The van der Waals surface area contributed by atoms with Gasteiger partial charge in [0, 0.05) is 37.9 Å². The number of nitrogens with zero attached hydrogens (tertiary/aromatic N) is 4. The molecule has 0 bridgehead atoms. The Bertz CT molecular complexity index is 803. The Hall–Kier alpha value is -2.73. The quantitative estimate of drug-likeness (QED) is 0.781. The highest BCUT2D eigenvalue weighted by molar-refractivity contribution is 6.33. The monoisotopic (exact) mass is 327 g/mol. The molecule has 0 saturated carbocycles. The first-order valence-corrected chi connectivity index (χ1v) is 7.45. The van der Waals surface area contributed by atoms with E-state index in [0.717, 1.165) is 0 Å². The van der Waals surface area contributed by atoms with Crippen LogP contribution in [0, 0.1) is 0 Å². The lowest BCUT2D eigenvalue weighted by Gasteiger charge is -2.09. The largest absolute Gasteiger partial charge is 0.350 e. The predicted molar refractivity (Wildman–Crippen MR) is 87.0 cm³/mol. The zero-order valence-corrected chi connectivity index (χ0v) is 12.9. The molecule has 7 heteroatoms. The number of rotatable bonds is 5. The fourth-order valence-corrected chi connectivity index (χ4v) is 2.36. The van der Waals surface area contributed by atoms with Crippen LogP contribution in [-0.2, 0) is 6.54 Å². The molecule has 3 rings (SSSR count). The number of nitrogens with one attached hydrogen (secondary N) is 1. The fourth-order valence-electron chi connectivity index (χ4n) is 2.14. The second-order valence-electron chi connectivity index (χ2n) is 4.75. The van der Waals surface area contributed by atoms with E-state index in [1.807, 2.05) is 10.8 Å². The standard InChI is InChI=1S/C16H14ClN5O/c17-13-5-2-1-4-12(13)16(23)21-9-11-22-10-8-20-15(22)14-18-6-3-7-19-14/h1-8,10H,9,11H2,(H,21,23). The van der Waals surface area contributed by atoms with Crippen LogP contribution in [0.3, 0.4) is 0 Å². The third-order valence-corrected chi connectivity index (χ3v) is 3.57. The van der Waals surface area contributed by atoms with Crippen LogP contribution in [0.25, 0.3) is 11.6 Å². The molecular weight excluding hydrogens is 314 g/mol. The van der Waals surface area contributed by atoms with Crippen LogP contribution in [0.15, 0.2) is 55.1 Å². The van der Waals surface area contributed by atoms with Crippen LogP contribution in [-0.4, -0.2) is 32.0 Å². The van der Waals surface area contributed by atoms with Crippen molar-refractivity contribution in [1.29, 1.82) is 0 Å². The maximum Gasteiger partial charge on any atom is 0.252 e. The summed E-state index contributed by atoms with van der Waals surface area (Å²) in [4.78, 5) is 24.7. The zero-order valence-electron chi connectivity index (χ0n) is 12.2. The molecule has 0 radical (unpaired) electrons. The maximum absolute atomic E-state index is 12.1. The van der Waals surface area contributed by atoms with Gasteiger partial charge >= 0.3 is 0 Å². The van der Waals surface area contributed by atoms with Crippen LogP contribution in [0.4, 0.5) is 0 Å². The molecule has 3 aromatic rings. The zero-order chi connectivity index (χ0) is 16.1. The first kappa shape index (κ1) is 15.2. The van der Waals surface area contributed by atoms with Gasteiger partial charge in [-0.3, -0.25) is 4.79 Å². The normalized spacial score (nSPS) is 10.5. The van der Waals surface area contributed by atoms with Crippen molar-refractivity contribution < 1.29 is 4.79 Å². The topological polar surface area (TPSA) is 72.7 Å². The third-order valence-electron chi connectivity index (χ3n) is 3.24. The van der Waals surface area contributed by atoms with Gasteiger partial charge in [0.15, 0.2) is 11.6 Å². The number of carbonyl (C=O) groups excluding carboxylic acids is 1. The Labute approximate surface area is 138 Å². The van der Waals surface area contributed by atoms with Gasteiger partial charge in [-0.25, -0.2) is 15.0 Å². The van der Waals surface area contributed by atoms with Crippen LogP contribution in [0.1, 0.15) is 10.4 Å². The van der Waals surface area contributed by atoms with Gasteiger partial charge in [0.1, 0.15) is 0 Å². The fraction of sp³-hybridized carbons (Fsp3) is 0.125. The SMILES string of the molecule is O=C(NCCn1ccnc1-c1ncccn1)c1ccccc1Cl. The number of hydrogen-bond acceptors (Lipinski definition) is 4. The number of hydrogen-bond donors (Lipinski definition) is 1. The van der Waals surface area contributed by atoms with Crippen LogP contribution in [0.2, 0.25) is 5.02 Å². The number of carbonyl (C=O) groups is 1. The molecule has 23 heavy (non-hydrogen) atoms. The van der Waals surface area contributed by atoms with E-state index in [0.29, 0.717) is 35.3 Å². The minimum Gasteiger partial charge on any atom is -0.350 e. The number of halogens is 1. The van der Waals surface area contributed by atoms with E-state index in [1.54, 1.807) is 48.9 Å². The highest BCUT2D eigenvalue weighted by atomic mass is 35.5. The van der Waals surface area contributed by atoms with Crippen LogP contribution < -0.4 is 5.32 Å². The molecule has 1 N–H and O–H groups in total. The summed E-state index contributed by atoms with van der Waals surface area (Å²) in [5.41, 5.74) is 0.464. The van der Waals surface area contributed by atoms with Crippen molar-refractivity contribution in [3.8, 4) is 11.6 Å². The molecule has 6 nitrogen and oxygen atoms in total. The molecule has 0 atom stereocenters. The van der Waals surface area contributed by atoms with E-state index in [4.69, 9.17) is 11.6 Å². The lowest BCUT2D eigenvalue weighted by molar-refractivity contribution is 0.0952. The molecule has 1 amide bonds. The Morgan fingerprint density at radius 3 is 2.65 bits per heavy atom. The van der Waals surface area contributed by atoms with Crippen molar-refractivity contribution in [2.45, 2.75) is 6.54 Å². The summed E-state index contributed by atoms with van der Waals surface area (Å²) < 4.78 is 1.89. The summed E-state index contributed by atoms with van der Waals surface area (Å²) >= 11 is 6.01. The average Bonchev–Trinajstić information content (AvgIpc) is 3.04. The molecule has 2 heterocycles. The second kappa shape index (κ2) is 7.02. The van der Waals surface area contributed by atoms with Gasteiger partial charge in [-0.05, 0) is 18.2 Å². The van der Waals surface area contributed by atoms with Crippen molar-refractivity contribution in [1.82, 2.24) is 24.8 Å². The molecule has 0 saturated heterocycles. The molecule has 1 aromatic carbocycles. The van der Waals surface area contributed by atoms with Crippen molar-refractivity contribution in [3.05, 3.63) is 65.7 Å². The summed E-state index contributed by atoms with van der Waals surface area (Å²) in [6.07, 6.45) is 6.84. The minimum atomic E-state index is -0.201. The number of benzene rings is 1. The molecule has 2 aromatic heterocycles. The lowest BCUT2D eigenvalue weighted by atomic mass is 10.2. The summed E-state index contributed by atoms with van der Waals surface area (Å²) in [6, 6.07) is 8.70. The van der Waals surface area contributed by atoms with E-state index in [2.05, 4.69) is 20.3 Å². The first-order valence-electron chi connectivity index (χ1n) is 7.07.